The maximum absolute atomic E-state index is 2.36. The van der Waals surface area contributed by atoms with Crippen molar-refractivity contribution in [2.45, 2.75) is 73.1 Å². The van der Waals surface area contributed by atoms with Crippen LogP contribution >= 0.6 is 0 Å². The molecule has 0 radical (unpaired) electrons. The summed E-state index contributed by atoms with van der Waals surface area (Å²) in [5.41, 5.74) is 2.76. The van der Waals surface area contributed by atoms with Crippen LogP contribution in [-0.4, -0.2) is 0 Å². The van der Waals surface area contributed by atoms with Crippen molar-refractivity contribution in [3.05, 3.63) is 35.4 Å². The van der Waals surface area contributed by atoms with Crippen LogP contribution in [0.3, 0.4) is 0 Å². The molecule has 0 saturated heterocycles. The predicted octanol–water partition coefficient (Wildman–Crippen LogP) is 6.42. The zero-order valence-electron chi connectivity index (χ0n) is 13.1. The molecule has 0 bridgehead atoms. The Hall–Kier alpha value is -0.780. The Morgan fingerprint density at radius 1 is 1.00 bits per heavy atom. The summed E-state index contributed by atoms with van der Waals surface area (Å²) in [6.07, 6.45) is 8.58. The van der Waals surface area contributed by atoms with Crippen molar-refractivity contribution in [1.82, 2.24) is 0 Å². The number of hydrogen-bond donors (Lipinski definition) is 0. The van der Waals surface area contributed by atoms with Crippen molar-refractivity contribution in [1.29, 1.82) is 0 Å². The van der Waals surface area contributed by atoms with Crippen molar-refractivity contribution < 1.29 is 1.43 Å². The largest absolute Gasteiger partial charge is 0.0683 e. The third-order valence-electron chi connectivity index (χ3n) is 3.42. The molecule has 0 nitrogen and oxygen atoms in total. The Labute approximate surface area is 116 Å². The van der Waals surface area contributed by atoms with E-state index in [2.05, 4.69) is 45.0 Å². The number of rotatable bonds is 1. The number of benzene rings is 1. The van der Waals surface area contributed by atoms with Crippen LogP contribution in [0.1, 0.15) is 72.4 Å². The molecule has 0 unspecified atom stereocenters. The Balaban J connectivity index is 0. The van der Waals surface area contributed by atoms with E-state index in [1.807, 2.05) is 13.8 Å². The van der Waals surface area contributed by atoms with E-state index in [4.69, 9.17) is 0 Å². The summed E-state index contributed by atoms with van der Waals surface area (Å²) < 4.78 is 0. The molecule has 0 amide bonds. The Morgan fingerprint density at radius 3 is 1.83 bits per heavy atom. The van der Waals surface area contributed by atoms with Crippen molar-refractivity contribution in [3.8, 4) is 0 Å². The summed E-state index contributed by atoms with van der Waals surface area (Å²) >= 11 is 0. The zero-order valence-corrected chi connectivity index (χ0v) is 13.1. The summed E-state index contributed by atoms with van der Waals surface area (Å²) in [5.74, 6) is 1.04. The highest BCUT2D eigenvalue weighted by atomic mass is 14.1. The smallest absolute Gasteiger partial charge is 0 e. The Kier molecular flexibility index (Phi) is 10.8. The standard InChI is InChI=1S/C9H12.C7H14.C2H6.H2/c1-3-9-6-4-8(2)5-7-9;1-7-5-3-2-4-6-7;1-2;/h4-7H,3H2,1-2H3;7H,2-6H2,1H3;1-2H3;1H. The molecule has 1 aliphatic rings. The van der Waals surface area contributed by atoms with E-state index in [9.17, 15) is 0 Å². The highest BCUT2D eigenvalue weighted by Crippen LogP contribution is 2.22. The van der Waals surface area contributed by atoms with Gasteiger partial charge in [0.05, 0.1) is 0 Å². The molecule has 18 heavy (non-hydrogen) atoms. The van der Waals surface area contributed by atoms with E-state index < -0.39 is 0 Å². The summed E-state index contributed by atoms with van der Waals surface area (Å²) in [6.45, 7) is 10.6. The first-order valence-electron chi connectivity index (χ1n) is 7.78. The Morgan fingerprint density at radius 2 is 1.50 bits per heavy atom. The monoisotopic (exact) mass is 250 g/mol. The van der Waals surface area contributed by atoms with Crippen LogP contribution in [0.15, 0.2) is 24.3 Å². The van der Waals surface area contributed by atoms with Crippen molar-refractivity contribution in [2.75, 3.05) is 0 Å². The third kappa shape index (κ3) is 8.33. The number of hydrogen-bond acceptors (Lipinski definition) is 0. The van der Waals surface area contributed by atoms with Crippen LogP contribution in [0.5, 0.6) is 0 Å². The molecule has 2 rings (SSSR count). The average molecular weight is 250 g/mol. The van der Waals surface area contributed by atoms with Gasteiger partial charge in [-0.2, -0.15) is 0 Å². The van der Waals surface area contributed by atoms with Gasteiger partial charge in [0.15, 0.2) is 0 Å². The lowest BCUT2D eigenvalue weighted by Gasteiger charge is -2.15. The third-order valence-corrected chi connectivity index (χ3v) is 3.42. The molecule has 0 aliphatic heterocycles. The van der Waals surface area contributed by atoms with Crippen LogP contribution in [-0.2, 0) is 6.42 Å². The van der Waals surface area contributed by atoms with Gasteiger partial charge in [0.25, 0.3) is 0 Å². The van der Waals surface area contributed by atoms with Crippen LogP contribution in [0.2, 0.25) is 0 Å². The van der Waals surface area contributed by atoms with Crippen molar-refractivity contribution in [3.63, 3.8) is 0 Å². The molecular weight excluding hydrogens is 216 g/mol. The van der Waals surface area contributed by atoms with E-state index in [1.165, 1.54) is 43.2 Å². The zero-order chi connectivity index (χ0) is 13.8. The minimum absolute atomic E-state index is 0. The first-order valence-corrected chi connectivity index (χ1v) is 7.78. The molecule has 0 atom stereocenters. The van der Waals surface area contributed by atoms with E-state index in [1.54, 1.807) is 0 Å². The van der Waals surface area contributed by atoms with Gasteiger partial charge in [-0.05, 0) is 24.8 Å². The van der Waals surface area contributed by atoms with Gasteiger partial charge >= 0.3 is 0 Å². The normalized spacial score (nSPS) is 14.9. The topological polar surface area (TPSA) is 0 Å². The van der Waals surface area contributed by atoms with Gasteiger partial charge in [-0.3, -0.25) is 0 Å². The maximum Gasteiger partial charge on any atom is 0 e. The molecule has 1 fully saturated rings. The molecule has 0 heteroatoms. The lowest BCUT2D eigenvalue weighted by Crippen LogP contribution is -1.99. The fourth-order valence-corrected chi connectivity index (χ4v) is 2.13. The minimum Gasteiger partial charge on any atom is -0.0683 e. The second kappa shape index (κ2) is 11.3. The first-order chi connectivity index (χ1) is 8.72. The van der Waals surface area contributed by atoms with Gasteiger partial charge in [-0.1, -0.05) is 89.6 Å². The first kappa shape index (κ1) is 17.2. The van der Waals surface area contributed by atoms with Crippen LogP contribution in [0, 0.1) is 12.8 Å². The maximum atomic E-state index is 2.36. The molecule has 0 heterocycles. The molecule has 1 saturated carbocycles. The van der Waals surface area contributed by atoms with Crippen molar-refractivity contribution in [2.24, 2.45) is 5.92 Å². The molecule has 1 aliphatic carbocycles. The Bertz CT molecular complexity index is 270. The molecular formula is C18H34. The van der Waals surface area contributed by atoms with Gasteiger partial charge in [-0.15, -0.1) is 0 Å². The second-order valence-electron chi connectivity index (χ2n) is 5.08. The van der Waals surface area contributed by atoms with Crippen molar-refractivity contribution >= 4 is 0 Å². The molecule has 0 spiro atoms. The molecule has 0 N–H and O–H groups in total. The quantitative estimate of drug-likeness (QED) is 0.539. The molecule has 1 aromatic carbocycles. The van der Waals surface area contributed by atoms with Gasteiger partial charge in [0.2, 0.25) is 0 Å². The highest BCUT2D eigenvalue weighted by Gasteiger charge is 2.05. The SMILES string of the molecule is CC.CC1CCCCC1.CCc1ccc(C)cc1.[HH]. The molecule has 1 aromatic rings. The molecule has 106 valence electrons. The van der Waals surface area contributed by atoms with Gasteiger partial charge in [-0.25, -0.2) is 0 Å². The predicted molar refractivity (Wildman–Crippen MR) is 86.3 cm³/mol. The van der Waals surface area contributed by atoms with E-state index in [0.717, 1.165) is 12.3 Å². The van der Waals surface area contributed by atoms with Crippen LogP contribution in [0.4, 0.5) is 0 Å². The lowest BCUT2D eigenvalue weighted by atomic mass is 9.91. The summed E-state index contributed by atoms with van der Waals surface area (Å²) in [7, 11) is 0. The second-order valence-corrected chi connectivity index (χ2v) is 5.08. The summed E-state index contributed by atoms with van der Waals surface area (Å²) in [6, 6.07) is 8.66. The van der Waals surface area contributed by atoms with Gasteiger partial charge in [0, 0.05) is 1.43 Å². The fourth-order valence-electron chi connectivity index (χ4n) is 2.13. The minimum atomic E-state index is 0. The van der Waals surface area contributed by atoms with E-state index >= 15 is 0 Å². The van der Waals surface area contributed by atoms with Crippen LogP contribution < -0.4 is 0 Å². The lowest BCUT2D eigenvalue weighted by molar-refractivity contribution is 0.385. The average Bonchev–Trinajstić information content (AvgIpc) is 2.43. The van der Waals surface area contributed by atoms with E-state index in [0.29, 0.717) is 0 Å². The number of aryl methyl sites for hydroxylation is 2. The highest BCUT2D eigenvalue weighted by molar-refractivity contribution is 5.20. The summed E-state index contributed by atoms with van der Waals surface area (Å²) in [4.78, 5) is 0. The van der Waals surface area contributed by atoms with Gasteiger partial charge < -0.3 is 0 Å². The van der Waals surface area contributed by atoms with E-state index in [-0.39, 0.29) is 1.43 Å². The van der Waals surface area contributed by atoms with Crippen LogP contribution in [0.25, 0.3) is 0 Å². The van der Waals surface area contributed by atoms with Gasteiger partial charge in [0.1, 0.15) is 0 Å². The fraction of sp³-hybridized carbons (Fsp3) is 0.667. The summed E-state index contributed by atoms with van der Waals surface area (Å²) in [5, 5.41) is 0. The molecule has 0 aromatic heterocycles.